The SMILES string of the molecule is NCc1cccc(OCCC(=O)Nc2ccccc2)c1. The summed E-state index contributed by atoms with van der Waals surface area (Å²) in [6.45, 7) is 0.818. The minimum Gasteiger partial charge on any atom is -0.493 e. The molecular weight excluding hydrogens is 252 g/mol. The first kappa shape index (κ1) is 14.1. The van der Waals surface area contributed by atoms with Gasteiger partial charge >= 0.3 is 0 Å². The fourth-order valence-electron chi connectivity index (χ4n) is 1.77. The topological polar surface area (TPSA) is 64.3 Å². The summed E-state index contributed by atoms with van der Waals surface area (Å²) in [6.07, 6.45) is 0.307. The Labute approximate surface area is 118 Å². The maximum absolute atomic E-state index is 11.7. The van der Waals surface area contributed by atoms with Gasteiger partial charge in [-0.25, -0.2) is 0 Å². The van der Waals surface area contributed by atoms with Crippen molar-refractivity contribution in [3.05, 3.63) is 60.2 Å². The third kappa shape index (κ3) is 4.40. The highest BCUT2D eigenvalue weighted by atomic mass is 16.5. The Bertz CT molecular complexity index is 555. The molecule has 0 spiro atoms. The third-order valence-corrected chi connectivity index (χ3v) is 2.79. The van der Waals surface area contributed by atoms with E-state index in [1.807, 2.05) is 54.6 Å². The highest BCUT2D eigenvalue weighted by Crippen LogP contribution is 2.13. The van der Waals surface area contributed by atoms with E-state index in [1.54, 1.807) is 0 Å². The summed E-state index contributed by atoms with van der Waals surface area (Å²) in [4.78, 5) is 11.7. The van der Waals surface area contributed by atoms with Crippen molar-refractivity contribution >= 4 is 11.6 Å². The second-order valence-electron chi connectivity index (χ2n) is 4.36. The first-order chi connectivity index (χ1) is 9.78. The van der Waals surface area contributed by atoms with Gasteiger partial charge in [0.15, 0.2) is 0 Å². The molecule has 0 aromatic heterocycles. The minimum atomic E-state index is -0.0637. The summed E-state index contributed by atoms with van der Waals surface area (Å²) >= 11 is 0. The standard InChI is InChI=1S/C16H18N2O2/c17-12-13-5-4-8-15(11-13)20-10-9-16(19)18-14-6-2-1-3-7-14/h1-8,11H,9-10,12,17H2,(H,18,19). The number of anilines is 1. The molecule has 0 aliphatic rings. The highest BCUT2D eigenvalue weighted by Gasteiger charge is 2.03. The fraction of sp³-hybridized carbons (Fsp3) is 0.188. The van der Waals surface area contributed by atoms with Gasteiger partial charge in [0.2, 0.25) is 5.91 Å². The number of hydrogen-bond acceptors (Lipinski definition) is 3. The monoisotopic (exact) mass is 270 g/mol. The van der Waals surface area contributed by atoms with Crippen LogP contribution in [0.4, 0.5) is 5.69 Å². The molecule has 2 aromatic carbocycles. The highest BCUT2D eigenvalue weighted by molar-refractivity contribution is 5.90. The molecule has 0 radical (unpaired) electrons. The molecule has 0 unspecified atom stereocenters. The van der Waals surface area contributed by atoms with Gasteiger partial charge in [0.1, 0.15) is 5.75 Å². The number of para-hydroxylation sites is 1. The molecule has 0 atom stereocenters. The average Bonchev–Trinajstić information content (AvgIpc) is 2.48. The predicted molar refractivity (Wildman–Crippen MR) is 79.5 cm³/mol. The molecule has 3 N–H and O–H groups in total. The number of nitrogens with two attached hydrogens (primary N) is 1. The quantitative estimate of drug-likeness (QED) is 0.848. The Kier molecular flexibility index (Phi) is 5.15. The summed E-state index contributed by atoms with van der Waals surface area (Å²) in [5, 5.41) is 2.81. The number of rotatable bonds is 6. The molecule has 0 aliphatic heterocycles. The number of amides is 1. The van der Waals surface area contributed by atoms with Crippen LogP contribution in [0.2, 0.25) is 0 Å². The lowest BCUT2D eigenvalue weighted by molar-refractivity contribution is -0.116. The van der Waals surface area contributed by atoms with Gasteiger partial charge in [-0.3, -0.25) is 4.79 Å². The Morgan fingerprint density at radius 3 is 2.65 bits per heavy atom. The van der Waals surface area contributed by atoms with E-state index in [1.165, 1.54) is 0 Å². The van der Waals surface area contributed by atoms with Crippen molar-refractivity contribution < 1.29 is 9.53 Å². The second kappa shape index (κ2) is 7.31. The lowest BCUT2D eigenvalue weighted by atomic mass is 10.2. The first-order valence-electron chi connectivity index (χ1n) is 6.54. The minimum absolute atomic E-state index is 0.0637. The Morgan fingerprint density at radius 1 is 1.10 bits per heavy atom. The average molecular weight is 270 g/mol. The molecule has 2 aromatic rings. The Balaban J connectivity index is 1.76. The molecule has 20 heavy (non-hydrogen) atoms. The molecule has 0 saturated heterocycles. The smallest absolute Gasteiger partial charge is 0.227 e. The van der Waals surface area contributed by atoms with E-state index in [0.29, 0.717) is 19.6 Å². The van der Waals surface area contributed by atoms with E-state index >= 15 is 0 Å². The van der Waals surface area contributed by atoms with Crippen LogP contribution in [0.15, 0.2) is 54.6 Å². The number of hydrogen-bond donors (Lipinski definition) is 2. The van der Waals surface area contributed by atoms with Gasteiger partial charge in [0.05, 0.1) is 13.0 Å². The van der Waals surface area contributed by atoms with Crippen molar-refractivity contribution in [3.63, 3.8) is 0 Å². The van der Waals surface area contributed by atoms with Crippen molar-refractivity contribution in [2.45, 2.75) is 13.0 Å². The first-order valence-corrected chi connectivity index (χ1v) is 6.54. The van der Waals surface area contributed by atoms with Gasteiger partial charge < -0.3 is 15.8 Å². The van der Waals surface area contributed by atoms with Gasteiger partial charge in [-0.15, -0.1) is 0 Å². The molecule has 0 fully saturated rings. The van der Waals surface area contributed by atoms with Crippen LogP contribution >= 0.6 is 0 Å². The normalized spacial score (nSPS) is 10.1. The molecule has 104 valence electrons. The van der Waals surface area contributed by atoms with E-state index in [2.05, 4.69) is 5.32 Å². The molecule has 0 aliphatic carbocycles. The number of ether oxygens (including phenoxy) is 1. The molecule has 0 bridgehead atoms. The van der Waals surface area contributed by atoms with Gasteiger partial charge in [-0.1, -0.05) is 30.3 Å². The zero-order valence-electron chi connectivity index (χ0n) is 11.2. The lowest BCUT2D eigenvalue weighted by Crippen LogP contribution is -2.15. The Morgan fingerprint density at radius 2 is 1.90 bits per heavy atom. The molecule has 4 nitrogen and oxygen atoms in total. The lowest BCUT2D eigenvalue weighted by Gasteiger charge is -2.08. The number of nitrogens with one attached hydrogen (secondary N) is 1. The molecule has 1 amide bonds. The largest absolute Gasteiger partial charge is 0.493 e. The fourth-order valence-corrected chi connectivity index (χ4v) is 1.77. The van der Waals surface area contributed by atoms with Gasteiger partial charge in [-0.2, -0.15) is 0 Å². The van der Waals surface area contributed by atoms with Crippen LogP contribution in [0.3, 0.4) is 0 Å². The van der Waals surface area contributed by atoms with E-state index in [-0.39, 0.29) is 5.91 Å². The Hall–Kier alpha value is -2.33. The van der Waals surface area contributed by atoms with Crippen LogP contribution in [0, 0.1) is 0 Å². The number of carbonyl (C=O) groups excluding carboxylic acids is 1. The zero-order chi connectivity index (χ0) is 14.2. The molecular formula is C16H18N2O2. The van der Waals surface area contributed by atoms with Crippen molar-refractivity contribution in [2.75, 3.05) is 11.9 Å². The van der Waals surface area contributed by atoms with Crippen LogP contribution in [-0.4, -0.2) is 12.5 Å². The number of carbonyl (C=O) groups is 1. The maximum atomic E-state index is 11.7. The molecule has 2 rings (SSSR count). The maximum Gasteiger partial charge on any atom is 0.227 e. The molecule has 0 heterocycles. The van der Waals surface area contributed by atoms with E-state index in [0.717, 1.165) is 17.0 Å². The predicted octanol–water partition coefficient (Wildman–Crippen LogP) is 2.55. The zero-order valence-corrected chi connectivity index (χ0v) is 11.2. The van der Waals surface area contributed by atoms with Crippen molar-refractivity contribution in [1.82, 2.24) is 0 Å². The van der Waals surface area contributed by atoms with E-state index in [9.17, 15) is 4.79 Å². The van der Waals surface area contributed by atoms with E-state index < -0.39 is 0 Å². The van der Waals surface area contributed by atoms with Gasteiger partial charge in [-0.05, 0) is 29.8 Å². The van der Waals surface area contributed by atoms with Crippen LogP contribution in [0.25, 0.3) is 0 Å². The summed E-state index contributed by atoms with van der Waals surface area (Å²) < 4.78 is 5.54. The van der Waals surface area contributed by atoms with Crippen molar-refractivity contribution in [3.8, 4) is 5.75 Å². The summed E-state index contributed by atoms with van der Waals surface area (Å²) in [5.41, 5.74) is 7.37. The van der Waals surface area contributed by atoms with Gasteiger partial charge in [0, 0.05) is 12.2 Å². The second-order valence-corrected chi connectivity index (χ2v) is 4.36. The summed E-state index contributed by atoms with van der Waals surface area (Å²) in [5.74, 6) is 0.673. The molecule has 0 saturated carbocycles. The molecule has 4 heteroatoms. The van der Waals surface area contributed by atoms with Crippen LogP contribution in [0.1, 0.15) is 12.0 Å². The summed E-state index contributed by atoms with van der Waals surface area (Å²) in [6, 6.07) is 16.9. The van der Waals surface area contributed by atoms with E-state index in [4.69, 9.17) is 10.5 Å². The number of benzene rings is 2. The van der Waals surface area contributed by atoms with Crippen LogP contribution in [-0.2, 0) is 11.3 Å². The third-order valence-electron chi connectivity index (χ3n) is 2.79. The van der Waals surface area contributed by atoms with Gasteiger partial charge in [0.25, 0.3) is 0 Å². The van der Waals surface area contributed by atoms with Crippen LogP contribution in [0.5, 0.6) is 5.75 Å². The van der Waals surface area contributed by atoms with Crippen LogP contribution < -0.4 is 15.8 Å². The van der Waals surface area contributed by atoms with Crippen molar-refractivity contribution in [1.29, 1.82) is 0 Å². The van der Waals surface area contributed by atoms with Crippen molar-refractivity contribution in [2.24, 2.45) is 5.73 Å². The summed E-state index contributed by atoms with van der Waals surface area (Å²) in [7, 11) is 0.